The number of halogens is 2. The van der Waals surface area contributed by atoms with Gasteiger partial charge in [0.05, 0.1) is 6.21 Å². The molecule has 0 unspecified atom stereocenters. The van der Waals surface area contributed by atoms with Crippen molar-refractivity contribution in [2.75, 3.05) is 6.61 Å². The van der Waals surface area contributed by atoms with E-state index in [1.54, 1.807) is 18.2 Å². The number of alkyl halides is 2. The van der Waals surface area contributed by atoms with Gasteiger partial charge >= 0.3 is 6.61 Å². The number of oxime groups is 1. The van der Waals surface area contributed by atoms with E-state index in [-0.39, 0.29) is 24.3 Å². The Morgan fingerprint density at radius 1 is 1.36 bits per heavy atom. The van der Waals surface area contributed by atoms with Gasteiger partial charge in [0.2, 0.25) is 0 Å². The quantitative estimate of drug-likeness (QED) is 0.622. The first-order valence-electron chi connectivity index (χ1n) is 7.13. The van der Waals surface area contributed by atoms with E-state index in [0.717, 1.165) is 25.7 Å². The number of amides is 1. The van der Waals surface area contributed by atoms with Crippen LogP contribution < -0.4 is 10.1 Å². The maximum Gasteiger partial charge on any atom is 0.387 e. The number of carbonyl (C=O) groups is 1. The van der Waals surface area contributed by atoms with Gasteiger partial charge in [-0.15, -0.1) is 0 Å². The molecule has 0 heterocycles. The molecule has 7 heteroatoms. The largest absolute Gasteiger partial charge is 0.434 e. The fraction of sp³-hybridized carbons (Fsp3) is 0.467. The molecule has 120 valence electrons. The predicted octanol–water partition coefficient (Wildman–Crippen LogP) is 2.70. The standard InChI is InChI=1S/C15H18F2N2O3/c16-15(17)22-13-8-4-1-5-11(13)9-18-21-10-14(20)19-12-6-2-3-7-12/h1,4-5,8-9,12,15H,2-3,6-7,10H2,(H,19,20)/b18-9+. The number of rotatable bonds is 7. The van der Waals surface area contributed by atoms with Crippen LogP contribution in [-0.2, 0) is 9.63 Å². The summed E-state index contributed by atoms with van der Waals surface area (Å²) >= 11 is 0. The van der Waals surface area contributed by atoms with Crippen molar-refractivity contribution in [1.82, 2.24) is 5.32 Å². The molecule has 0 saturated heterocycles. The molecule has 0 aliphatic heterocycles. The number of nitrogens with one attached hydrogen (secondary N) is 1. The minimum absolute atomic E-state index is 0.000238. The number of benzene rings is 1. The molecule has 0 atom stereocenters. The van der Waals surface area contributed by atoms with Gasteiger partial charge in [-0.1, -0.05) is 30.1 Å². The molecule has 1 aromatic carbocycles. The van der Waals surface area contributed by atoms with Crippen molar-refractivity contribution in [2.24, 2.45) is 5.16 Å². The van der Waals surface area contributed by atoms with Crippen LogP contribution in [0.2, 0.25) is 0 Å². The lowest BCUT2D eigenvalue weighted by atomic mass is 10.2. The van der Waals surface area contributed by atoms with Gasteiger partial charge in [-0.25, -0.2) is 0 Å². The molecule has 2 rings (SSSR count). The lowest BCUT2D eigenvalue weighted by molar-refractivity contribution is -0.126. The van der Waals surface area contributed by atoms with Gasteiger partial charge in [-0.3, -0.25) is 4.79 Å². The molecule has 1 amide bonds. The van der Waals surface area contributed by atoms with Gasteiger partial charge in [-0.05, 0) is 25.0 Å². The second-order valence-corrected chi connectivity index (χ2v) is 4.97. The summed E-state index contributed by atoms with van der Waals surface area (Å²) in [6.07, 6.45) is 5.48. The summed E-state index contributed by atoms with van der Waals surface area (Å²) in [6.45, 7) is -3.11. The zero-order valence-electron chi connectivity index (χ0n) is 12.0. The molecule has 1 fully saturated rings. The first-order chi connectivity index (χ1) is 10.6. The van der Waals surface area contributed by atoms with Crippen LogP contribution in [0.15, 0.2) is 29.4 Å². The fourth-order valence-corrected chi connectivity index (χ4v) is 2.32. The third-order valence-corrected chi connectivity index (χ3v) is 3.32. The molecule has 0 bridgehead atoms. The molecule has 0 spiro atoms. The van der Waals surface area contributed by atoms with E-state index in [1.165, 1.54) is 12.3 Å². The van der Waals surface area contributed by atoms with Crippen LogP contribution >= 0.6 is 0 Å². The summed E-state index contributed by atoms with van der Waals surface area (Å²) in [5.74, 6) is -0.235. The summed E-state index contributed by atoms with van der Waals surface area (Å²) < 4.78 is 28.8. The van der Waals surface area contributed by atoms with Crippen LogP contribution in [0.4, 0.5) is 8.78 Å². The highest BCUT2D eigenvalue weighted by Crippen LogP contribution is 2.18. The minimum Gasteiger partial charge on any atom is -0.434 e. The lowest BCUT2D eigenvalue weighted by Crippen LogP contribution is -2.34. The molecule has 1 aromatic rings. The summed E-state index contributed by atoms with van der Waals surface area (Å²) in [5, 5.41) is 6.47. The summed E-state index contributed by atoms with van der Waals surface area (Å²) in [7, 11) is 0. The van der Waals surface area contributed by atoms with E-state index >= 15 is 0 Å². The molecule has 1 aliphatic rings. The summed E-state index contributed by atoms with van der Waals surface area (Å²) in [6, 6.07) is 6.42. The Labute approximate surface area is 127 Å². The van der Waals surface area contributed by atoms with Crippen LogP contribution in [0.1, 0.15) is 31.2 Å². The van der Waals surface area contributed by atoms with Crippen molar-refractivity contribution < 1.29 is 23.1 Å². The SMILES string of the molecule is O=C(CO/N=C/c1ccccc1OC(F)F)NC1CCCC1. The fourth-order valence-electron chi connectivity index (χ4n) is 2.32. The van der Waals surface area contributed by atoms with Crippen LogP contribution in [0, 0.1) is 0 Å². The molecule has 1 aliphatic carbocycles. The zero-order valence-corrected chi connectivity index (χ0v) is 12.0. The van der Waals surface area contributed by atoms with Crippen LogP contribution in [0.3, 0.4) is 0 Å². The third kappa shape index (κ3) is 5.31. The highest BCUT2D eigenvalue weighted by molar-refractivity contribution is 5.83. The second kappa shape index (κ2) is 8.31. The predicted molar refractivity (Wildman–Crippen MR) is 77.0 cm³/mol. The molecule has 1 N–H and O–H groups in total. The van der Waals surface area contributed by atoms with Crippen LogP contribution in [0.5, 0.6) is 5.75 Å². The molecular formula is C15H18F2N2O3. The van der Waals surface area contributed by atoms with Crippen molar-refractivity contribution in [3.8, 4) is 5.75 Å². The van der Waals surface area contributed by atoms with Crippen molar-refractivity contribution in [2.45, 2.75) is 38.3 Å². The maximum absolute atomic E-state index is 12.2. The molecule has 5 nitrogen and oxygen atoms in total. The number of carbonyl (C=O) groups excluding carboxylic acids is 1. The van der Waals surface area contributed by atoms with E-state index in [1.807, 2.05) is 0 Å². The topological polar surface area (TPSA) is 59.9 Å². The molecule has 0 radical (unpaired) electrons. The number of ether oxygens (including phenoxy) is 1. The molecule has 1 saturated carbocycles. The molecule has 0 aromatic heterocycles. The van der Waals surface area contributed by atoms with E-state index < -0.39 is 6.61 Å². The number of nitrogens with zero attached hydrogens (tertiary/aromatic N) is 1. The monoisotopic (exact) mass is 312 g/mol. The van der Waals surface area contributed by atoms with Crippen LogP contribution in [-0.4, -0.2) is 31.4 Å². The Hall–Kier alpha value is -2.18. The van der Waals surface area contributed by atoms with Crippen molar-refractivity contribution in [1.29, 1.82) is 0 Å². The van der Waals surface area contributed by atoms with E-state index in [2.05, 4.69) is 15.2 Å². The average molecular weight is 312 g/mol. The molecular weight excluding hydrogens is 294 g/mol. The van der Waals surface area contributed by atoms with Gasteiger partial charge in [0.25, 0.3) is 5.91 Å². The zero-order chi connectivity index (χ0) is 15.8. The van der Waals surface area contributed by atoms with E-state index in [0.29, 0.717) is 5.56 Å². The highest BCUT2D eigenvalue weighted by Gasteiger charge is 2.17. The van der Waals surface area contributed by atoms with Gasteiger partial charge in [0.1, 0.15) is 5.75 Å². The van der Waals surface area contributed by atoms with Gasteiger partial charge < -0.3 is 14.9 Å². The Kier molecular flexibility index (Phi) is 6.12. The highest BCUT2D eigenvalue weighted by atomic mass is 19.3. The van der Waals surface area contributed by atoms with E-state index in [9.17, 15) is 13.6 Å². The Morgan fingerprint density at radius 2 is 2.09 bits per heavy atom. The number of para-hydroxylation sites is 1. The Bertz CT molecular complexity index is 517. The minimum atomic E-state index is -2.91. The van der Waals surface area contributed by atoms with Gasteiger partial charge in [-0.2, -0.15) is 8.78 Å². The lowest BCUT2D eigenvalue weighted by Gasteiger charge is -2.10. The van der Waals surface area contributed by atoms with Gasteiger partial charge in [0.15, 0.2) is 6.61 Å². The molecule has 22 heavy (non-hydrogen) atoms. The number of hydrogen-bond acceptors (Lipinski definition) is 4. The Balaban J connectivity index is 1.78. The first-order valence-corrected chi connectivity index (χ1v) is 7.13. The van der Waals surface area contributed by atoms with Crippen molar-refractivity contribution in [3.63, 3.8) is 0 Å². The van der Waals surface area contributed by atoms with Crippen LogP contribution in [0.25, 0.3) is 0 Å². The van der Waals surface area contributed by atoms with Crippen molar-refractivity contribution in [3.05, 3.63) is 29.8 Å². The second-order valence-electron chi connectivity index (χ2n) is 4.97. The summed E-state index contributed by atoms with van der Waals surface area (Å²) in [4.78, 5) is 16.5. The average Bonchev–Trinajstić information content (AvgIpc) is 2.97. The Morgan fingerprint density at radius 3 is 2.82 bits per heavy atom. The maximum atomic E-state index is 12.2. The number of hydrogen-bond donors (Lipinski definition) is 1. The van der Waals surface area contributed by atoms with Gasteiger partial charge in [0, 0.05) is 11.6 Å². The van der Waals surface area contributed by atoms with Crippen molar-refractivity contribution >= 4 is 12.1 Å². The first kappa shape index (κ1) is 16.2. The normalized spacial score (nSPS) is 15.4. The smallest absolute Gasteiger partial charge is 0.387 e. The van der Waals surface area contributed by atoms with E-state index in [4.69, 9.17) is 4.84 Å². The summed E-state index contributed by atoms with van der Waals surface area (Å²) in [5.41, 5.74) is 0.346. The third-order valence-electron chi connectivity index (χ3n) is 3.32.